The van der Waals surface area contributed by atoms with E-state index < -0.39 is 0 Å². The van der Waals surface area contributed by atoms with Crippen LogP contribution in [0.4, 0.5) is 0 Å². The van der Waals surface area contributed by atoms with Crippen LogP contribution in [-0.2, 0) is 0 Å². The van der Waals surface area contributed by atoms with Crippen LogP contribution in [0.5, 0.6) is 5.75 Å². The number of ether oxygens (including phenoxy) is 1. The highest BCUT2D eigenvalue weighted by atomic mass is 16.5. The van der Waals surface area contributed by atoms with Crippen molar-refractivity contribution in [3.63, 3.8) is 0 Å². The van der Waals surface area contributed by atoms with Crippen molar-refractivity contribution in [1.82, 2.24) is 4.98 Å². The van der Waals surface area contributed by atoms with E-state index in [1.54, 1.807) is 13.3 Å². The molecule has 1 atom stereocenters. The largest absolute Gasteiger partial charge is 0.495 e. The van der Waals surface area contributed by atoms with Gasteiger partial charge in [-0.3, -0.25) is 4.98 Å². The number of methoxy groups -OCH3 is 1. The molecule has 0 spiro atoms. The average Bonchev–Trinajstić information content (AvgIpc) is 2.16. The van der Waals surface area contributed by atoms with Crippen molar-refractivity contribution in [2.75, 3.05) is 7.11 Å². The van der Waals surface area contributed by atoms with Crippen molar-refractivity contribution in [2.24, 2.45) is 5.92 Å². The number of pyridine rings is 1. The summed E-state index contributed by atoms with van der Waals surface area (Å²) in [5, 5.41) is 0. The van der Waals surface area contributed by atoms with Crippen molar-refractivity contribution >= 4 is 0 Å². The molecule has 0 aromatic carbocycles. The Morgan fingerprint density at radius 3 is 2.54 bits per heavy atom. The second kappa shape index (κ2) is 4.26. The lowest BCUT2D eigenvalue weighted by molar-refractivity contribution is 0.397. The summed E-state index contributed by atoms with van der Waals surface area (Å²) in [5.41, 5.74) is 1.24. The lowest BCUT2D eigenvalue weighted by Gasteiger charge is -2.18. The third-order valence-electron chi connectivity index (χ3n) is 2.53. The van der Waals surface area contributed by atoms with Gasteiger partial charge >= 0.3 is 0 Å². The van der Waals surface area contributed by atoms with Crippen LogP contribution in [0, 0.1) is 5.92 Å². The Morgan fingerprint density at radius 2 is 2.00 bits per heavy atom. The molecule has 2 nitrogen and oxygen atoms in total. The summed E-state index contributed by atoms with van der Waals surface area (Å²) in [6, 6.07) is 2.03. The minimum atomic E-state index is 0.512. The minimum absolute atomic E-state index is 0.512. The third kappa shape index (κ3) is 2.20. The Kier molecular flexibility index (Phi) is 3.29. The highest BCUT2D eigenvalue weighted by Crippen LogP contribution is 2.30. The molecular formula is C11H17NO. The molecule has 2 heteroatoms. The molecule has 1 aromatic heterocycles. The van der Waals surface area contributed by atoms with Crippen LogP contribution in [0.25, 0.3) is 0 Å². The molecule has 1 rings (SSSR count). The topological polar surface area (TPSA) is 22.1 Å². The predicted molar refractivity (Wildman–Crippen MR) is 54.0 cm³/mol. The lowest BCUT2D eigenvalue weighted by Crippen LogP contribution is -2.04. The highest BCUT2D eigenvalue weighted by Gasteiger charge is 2.13. The zero-order chi connectivity index (χ0) is 9.84. The van der Waals surface area contributed by atoms with Gasteiger partial charge in [0, 0.05) is 11.8 Å². The lowest BCUT2D eigenvalue weighted by atomic mass is 9.90. The second-order valence-corrected chi connectivity index (χ2v) is 3.65. The molecule has 0 amide bonds. The number of hydrogen-bond acceptors (Lipinski definition) is 2. The predicted octanol–water partition coefficient (Wildman–Crippen LogP) is 2.85. The Morgan fingerprint density at radius 1 is 1.31 bits per heavy atom. The first kappa shape index (κ1) is 10.0. The second-order valence-electron chi connectivity index (χ2n) is 3.65. The van der Waals surface area contributed by atoms with E-state index in [2.05, 4.69) is 25.8 Å². The van der Waals surface area contributed by atoms with Gasteiger partial charge in [0.05, 0.1) is 13.3 Å². The molecule has 1 heterocycles. The molecule has 0 aliphatic heterocycles. The molecule has 0 saturated heterocycles. The first-order chi connectivity index (χ1) is 6.16. The van der Waals surface area contributed by atoms with Crippen LogP contribution in [0.15, 0.2) is 18.5 Å². The first-order valence-corrected chi connectivity index (χ1v) is 4.64. The Labute approximate surface area is 80.0 Å². The maximum absolute atomic E-state index is 5.25. The Hall–Kier alpha value is -1.05. The SMILES string of the molecule is COc1cnccc1C(C)C(C)C. The van der Waals surface area contributed by atoms with Crippen molar-refractivity contribution in [1.29, 1.82) is 0 Å². The van der Waals surface area contributed by atoms with E-state index in [1.807, 2.05) is 12.3 Å². The normalized spacial score (nSPS) is 13.0. The van der Waals surface area contributed by atoms with Crippen LogP contribution < -0.4 is 4.74 Å². The quantitative estimate of drug-likeness (QED) is 0.711. The van der Waals surface area contributed by atoms with Gasteiger partial charge in [0.2, 0.25) is 0 Å². The molecule has 72 valence electrons. The highest BCUT2D eigenvalue weighted by molar-refractivity contribution is 5.32. The monoisotopic (exact) mass is 179 g/mol. The van der Waals surface area contributed by atoms with Gasteiger partial charge in [-0.2, -0.15) is 0 Å². The summed E-state index contributed by atoms with van der Waals surface area (Å²) >= 11 is 0. The first-order valence-electron chi connectivity index (χ1n) is 4.64. The maximum atomic E-state index is 5.25. The molecule has 13 heavy (non-hydrogen) atoms. The number of nitrogens with zero attached hydrogens (tertiary/aromatic N) is 1. The standard InChI is InChI=1S/C11H17NO/c1-8(2)9(3)10-5-6-12-7-11(10)13-4/h5-9H,1-4H3. The van der Waals surface area contributed by atoms with Crippen LogP contribution in [-0.4, -0.2) is 12.1 Å². The summed E-state index contributed by atoms with van der Waals surface area (Å²) in [6.45, 7) is 6.64. The van der Waals surface area contributed by atoms with Gasteiger partial charge in [0.15, 0.2) is 0 Å². The molecule has 0 aliphatic rings. The molecule has 0 N–H and O–H groups in total. The van der Waals surface area contributed by atoms with Crippen molar-refractivity contribution in [3.8, 4) is 5.75 Å². The van der Waals surface area contributed by atoms with Gasteiger partial charge in [-0.15, -0.1) is 0 Å². The van der Waals surface area contributed by atoms with E-state index in [0.29, 0.717) is 11.8 Å². The van der Waals surface area contributed by atoms with Gasteiger partial charge in [-0.05, 0) is 17.9 Å². The number of hydrogen-bond donors (Lipinski definition) is 0. The molecule has 0 radical (unpaired) electrons. The van der Waals surface area contributed by atoms with Crippen LogP contribution in [0.2, 0.25) is 0 Å². The number of rotatable bonds is 3. The van der Waals surface area contributed by atoms with E-state index in [0.717, 1.165) is 5.75 Å². The average molecular weight is 179 g/mol. The zero-order valence-corrected chi connectivity index (χ0v) is 8.74. The summed E-state index contributed by atoms with van der Waals surface area (Å²) in [7, 11) is 1.69. The van der Waals surface area contributed by atoms with E-state index in [9.17, 15) is 0 Å². The fourth-order valence-electron chi connectivity index (χ4n) is 1.30. The number of aromatic nitrogens is 1. The van der Waals surface area contributed by atoms with E-state index in [1.165, 1.54) is 5.56 Å². The molecule has 1 aromatic rings. The Bertz CT molecular complexity index is 271. The van der Waals surface area contributed by atoms with E-state index in [4.69, 9.17) is 4.74 Å². The van der Waals surface area contributed by atoms with Crippen molar-refractivity contribution in [3.05, 3.63) is 24.0 Å². The van der Waals surface area contributed by atoms with Crippen molar-refractivity contribution < 1.29 is 4.74 Å². The summed E-state index contributed by atoms with van der Waals surface area (Å²) < 4.78 is 5.25. The van der Waals surface area contributed by atoms with Gasteiger partial charge < -0.3 is 4.74 Å². The molecule has 0 bridgehead atoms. The Balaban J connectivity index is 2.98. The van der Waals surface area contributed by atoms with Crippen LogP contribution in [0.3, 0.4) is 0 Å². The van der Waals surface area contributed by atoms with Crippen LogP contribution in [0.1, 0.15) is 32.3 Å². The van der Waals surface area contributed by atoms with E-state index in [-0.39, 0.29) is 0 Å². The molecule has 0 aliphatic carbocycles. The zero-order valence-electron chi connectivity index (χ0n) is 8.74. The van der Waals surface area contributed by atoms with Gasteiger partial charge in [-0.25, -0.2) is 0 Å². The maximum Gasteiger partial charge on any atom is 0.140 e. The van der Waals surface area contributed by atoms with E-state index >= 15 is 0 Å². The smallest absolute Gasteiger partial charge is 0.140 e. The fourth-order valence-corrected chi connectivity index (χ4v) is 1.30. The van der Waals surface area contributed by atoms with Crippen molar-refractivity contribution in [2.45, 2.75) is 26.7 Å². The van der Waals surface area contributed by atoms with Gasteiger partial charge in [-0.1, -0.05) is 20.8 Å². The fraction of sp³-hybridized carbons (Fsp3) is 0.545. The molecule has 0 saturated carbocycles. The minimum Gasteiger partial charge on any atom is -0.495 e. The summed E-state index contributed by atoms with van der Waals surface area (Å²) in [4.78, 5) is 4.03. The molecule has 1 unspecified atom stereocenters. The molecule has 0 fully saturated rings. The third-order valence-corrected chi connectivity index (χ3v) is 2.53. The summed E-state index contributed by atoms with van der Waals surface area (Å²) in [6.07, 6.45) is 3.59. The van der Waals surface area contributed by atoms with Crippen LogP contribution >= 0.6 is 0 Å². The van der Waals surface area contributed by atoms with Gasteiger partial charge in [0.25, 0.3) is 0 Å². The molecular weight excluding hydrogens is 162 g/mol. The summed E-state index contributed by atoms with van der Waals surface area (Å²) in [5.74, 6) is 2.03. The van der Waals surface area contributed by atoms with Gasteiger partial charge in [0.1, 0.15) is 5.75 Å².